The van der Waals surface area contributed by atoms with Gasteiger partial charge in [0.2, 0.25) is 0 Å². The Balaban J connectivity index is 1.46. The van der Waals surface area contributed by atoms with Crippen LogP contribution in [0.25, 0.3) is 0 Å². The molecule has 0 radical (unpaired) electrons. The van der Waals surface area contributed by atoms with Crippen molar-refractivity contribution in [2.24, 2.45) is 62.1 Å². The first-order valence-corrected chi connectivity index (χ1v) is 18.1. The molecule has 9 atom stereocenters. The molecule has 5 rings (SSSR count). The standard InChI is InChI=1S/C40H64O4/c1-13-25(4)40-21-15-28-27(33(40)32(24(2)3)29(41)23-40)14-20-39(12)37(28,10)18-16-30-36(8,9)31(17-19-38(30,39)11)44-26(5)22-35(6,7)34(42)43/h24-25,27-28,30-31H,5,13-23H2,1-4,6-12H3,(H,42,43)/t25-,27?,28?,30?,31?,37?,38?,39?,40?/m1/s1. The minimum atomic E-state index is -0.884. The molecule has 4 heteroatoms. The fourth-order valence-corrected chi connectivity index (χ4v) is 12.7. The van der Waals surface area contributed by atoms with Crippen molar-refractivity contribution in [2.45, 2.75) is 153 Å². The van der Waals surface area contributed by atoms with Gasteiger partial charge in [-0.15, -0.1) is 0 Å². The molecule has 0 aromatic carbocycles. The minimum Gasteiger partial charge on any atom is -0.495 e. The second-order valence-electron chi connectivity index (χ2n) is 18.5. The fraction of sp³-hybridized carbons (Fsp3) is 0.850. The molecule has 4 fully saturated rings. The Morgan fingerprint density at radius 1 is 0.977 bits per heavy atom. The Hall–Kier alpha value is -1.58. The van der Waals surface area contributed by atoms with E-state index in [0.29, 0.717) is 47.6 Å². The first-order valence-electron chi connectivity index (χ1n) is 18.1. The van der Waals surface area contributed by atoms with E-state index in [4.69, 9.17) is 4.74 Å². The van der Waals surface area contributed by atoms with Gasteiger partial charge in [0.05, 0.1) is 11.2 Å². The van der Waals surface area contributed by atoms with E-state index in [-0.39, 0.29) is 33.2 Å². The molecule has 248 valence electrons. The number of carboxylic acid groups (broad SMARTS) is 1. The summed E-state index contributed by atoms with van der Waals surface area (Å²) in [6, 6.07) is 0. The Morgan fingerprint density at radius 3 is 2.20 bits per heavy atom. The van der Waals surface area contributed by atoms with Crippen molar-refractivity contribution in [3.63, 3.8) is 0 Å². The molecular weight excluding hydrogens is 544 g/mol. The third-order valence-electron chi connectivity index (χ3n) is 15.7. The average molecular weight is 609 g/mol. The third-order valence-corrected chi connectivity index (χ3v) is 15.7. The summed E-state index contributed by atoms with van der Waals surface area (Å²) in [6.07, 6.45) is 11.8. The van der Waals surface area contributed by atoms with Crippen molar-refractivity contribution < 1.29 is 19.4 Å². The smallest absolute Gasteiger partial charge is 0.309 e. The summed E-state index contributed by atoms with van der Waals surface area (Å²) in [5.41, 5.74) is 2.66. The molecule has 5 aliphatic carbocycles. The Kier molecular flexibility index (Phi) is 8.24. The predicted molar refractivity (Wildman–Crippen MR) is 179 cm³/mol. The lowest BCUT2D eigenvalue weighted by Gasteiger charge is -2.74. The molecular formula is C40H64O4. The van der Waals surface area contributed by atoms with Gasteiger partial charge in [0.25, 0.3) is 0 Å². The largest absolute Gasteiger partial charge is 0.495 e. The zero-order chi connectivity index (χ0) is 32.8. The SMILES string of the molecule is C=C(CC(C)(C)C(=O)O)OC1CCC2(C)C(CCC3(C)C4CCC5([C@H](C)CC)CC(=O)C(C(C)C)=C5C4CCC32C)C1(C)C. The highest BCUT2D eigenvalue weighted by molar-refractivity contribution is 6.00. The van der Waals surface area contributed by atoms with E-state index in [2.05, 4.69) is 68.9 Å². The van der Waals surface area contributed by atoms with Gasteiger partial charge in [-0.1, -0.05) is 80.9 Å². The van der Waals surface area contributed by atoms with Gasteiger partial charge < -0.3 is 9.84 Å². The number of ether oxygens (including phenoxy) is 1. The number of carbonyl (C=O) groups is 2. The number of ketones is 1. The number of carbonyl (C=O) groups excluding carboxylic acids is 1. The highest BCUT2D eigenvalue weighted by atomic mass is 16.5. The van der Waals surface area contributed by atoms with Gasteiger partial charge in [0.15, 0.2) is 5.78 Å². The summed E-state index contributed by atoms with van der Waals surface area (Å²) < 4.78 is 6.61. The molecule has 0 saturated heterocycles. The highest BCUT2D eigenvalue weighted by Gasteiger charge is 2.71. The molecule has 0 aliphatic heterocycles. The monoisotopic (exact) mass is 608 g/mol. The van der Waals surface area contributed by atoms with E-state index in [1.165, 1.54) is 44.1 Å². The lowest BCUT2D eigenvalue weighted by Crippen LogP contribution is -2.67. The van der Waals surface area contributed by atoms with Crippen molar-refractivity contribution in [3.05, 3.63) is 23.5 Å². The third kappa shape index (κ3) is 4.48. The summed E-state index contributed by atoms with van der Waals surface area (Å²) in [7, 11) is 0. The number of Topliss-reactive ketones (excluding diaryl/α,β-unsaturated/α-hetero) is 1. The molecule has 44 heavy (non-hydrogen) atoms. The molecule has 0 aromatic heterocycles. The van der Waals surface area contributed by atoms with E-state index < -0.39 is 11.4 Å². The molecule has 8 unspecified atom stereocenters. The summed E-state index contributed by atoms with van der Waals surface area (Å²) >= 11 is 0. The van der Waals surface area contributed by atoms with E-state index in [9.17, 15) is 14.7 Å². The second kappa shape index (κ2) is 10.7. The van der Waals surface area contributed by atoms with E-state index in [0.717, 1.165) is 25.7 Å². The van der Waals surface area contributed by atoms with Crippen LogP contribution in [0.1, 0.15) is 147 Å². The number of allylic oxidation sites excluding steroid dienone is 3. The van der Waals surface area contributed by atoms with Crippen molar-refractivity contribution in [3.8, 4) is 0 Å². The predicted octanol–water partition coefficient (Wildman–Crippen LogP) is 10.4. The quantitative estimate of drug-likeness (QED) is 0.278. The number of aliphatic carboxylic acids is 1. The number of hydrogen-bond acceptors (Lipinski definition) is 3. The average Bonchev–Trinajstić information content (AvgIpc) is 3.24. The summed E-state index contributed by atoms with van der Waals surface area (Å²) in [4.78, 5) is 25.5. The van der Waals surface area contributed by atoms with Gasteiger partial charge in [0, 0.05) is 23.7 Å². The fourth-order valence-electron chi connectivity index (χ4n) is 12.7. The van der Waals surface area contributed by atoms with Crippen LogP contribution in [0, 0.1) is 62.1 Å². The van der Waals surface area contributed by atoms with Crippen molar-refractivity contribution in [2.75, 3.05) is 0 Å². The van der Waals surface area contributed by atoms with Gasteiger partial charge in [-0.2, -0.15) is 0 Å². The van der Waals surface area contributed by atoms with Crippen LogP contribution in [0.4, 0.5) is 0 Å². The molecule has 4 nitrogen and oxygen atoms in total. The number of carboxylic acids is 1. The van der Waals surface area contributed by atoms with Crippen LogP contribution in [0.15, 0.2) is 23.5 Å². The van der Waals surface area contributed by atoms with Gasteiger partial charge in [0.1, 0.15) is 6.10 Å². The summed E-state index contributed by atoms with van der Waals surface area (Å²) in [5, 5.41) is 9.67. The molecule has 0 spiro atoms. The summed E-state index contributed by atoms with van der Waals surface area (Å²) in [5.74, 6) is 2.84. The maximum Gasteiger partial charge on any atom is 0.309 e. The van der Waals surface area contributed by atoms with E-state index in [1.54, 1.807) is 19.4 Å². The van der Waals surface area contributed by atoms with E-state index >= 15 is 0 Å². The Morgan fingerprint density at radius 2 is 1.61 bits per heavy atom. The normalized spacial score (nSPS) is 42.2. The second-order valence-corrected chi connectivity index (χ2v) is 18.5. The first kappa shape index (κ1) is 33.8. The summed E-state index contributed by atoms with van der Waals surface area (Å²) in [6.45, 7) is 29.8. The molecule has 1 N–H and O–H groups in total. The Labute approximate surface area is 269 Å². The number of rotatable bonds is 8. The van der Waals surface area contributed by atoms with Gasteiger partial charge >= 0.3 is 5.97 Å². The molecule has 5 aliphatic rings. The van der Waals surface area contributed by atoms with Crippen molar-refractivity contribution in [1.29, 1.82) is 0 Å². The van der Waals surface area contributed by atoms with Gasteiger partial charge in [-0.25, -0.2) is 0 Å². The maximum absolute atomic E-state index is 13.7. The minimum absolute atomic E-state index is 0.0337. The van der Waals surface area contributed by atoms with Gasteiger partial charge in [-0.3, -0.25) is 9.59 Å². The van der Waals surface area contributed by atoms with Crippen LogP contribution in [0.2, 0.25) is 0 Å². The van der Waals surface area contributed by atoms with Crippen LogP contribution < -0.4 is 0 Å². The zero-order valence-corrected chi connectivity index (χ0v) is 30.1. The van der Waals surface area contributed by atoms with Crippen LogP contribution in [0.5, 0.6) is 0 Å². The van der Waals surface area contributed by atoms with Crippen molar-refractivity contribution in [1.82, 2.24) is 0 Å². The van der Waals surface area contributed by atoms with E-state index in [1.807, 2.05) is 0 Å². The van der Waals surface area contributed by atoms with Crippen LogP contribution >= 0.6 is 0 Å². The van der Waals surface area contributed by atoms with Crippen LogP contribution in [-0.4, -0.2) is 23.0 Å². The van der Waals surface area contributed by atoms with Crippen molar-refractivity contribution >= 4 is 11.8 Å². The topological polar surface area (TPSA) is 63.6 Å². The molecule has 0 aromatic rings. The number of hydrogen-bond donors (Lipinski definition) is 1. The zero-order valence-electron chi connectivity index (χ0n) is 30.1. The van der Waals surface area contributed by atoms with Gasteiger partial charge in [-0.05, 0) is 117 Å². The lowest BCUT2D eigenvalue weighted by molar-refractivity contribution is -0.254. The van der Waals surface area contributed by atoms with Crippen LogP contribution in [-0.2, 0) is 14.3 Å². The molecule has 4 saturated carbocycles. The van der Waals surface area contributed by atoms with Crippen LogP contribution in [0.3, 0.4) is 0 Å². The number of fused-ring (bicyclic) bond motifs is 7. The molecule has 0 amide bonds. The first-order chi connectivity index (χ1) is 20.2. The molecule has 0 bridgehead atoms. The Bertz CT molecular complexity index is 1240. The molecule has 0 heterocycles. The lowest BCUT2D eigenvalue weighted by atomic mass is 9.31. The highest BCUT2D eigenvalue weighted by Crippen LogP contribution is 2.78. The maximum atomic E-state index is 13.7.